The number of carbonyl (C=O) groups is 1. The van der Waals surface area contributed by atoms with Gasteiger partial charge in [0.2, 0.25) is 0 Å². The maximum absolute atomic E-state index is 13.2. The van der Waals surface area contributed by atoms with Crippen molar-refractivity contribution in [2.75, 3.05) is 32.6 Å². The first-order chi connectivity index (χ1) is 14.8. The average Bonchev–Trinajstić information content (AvgIpc) is 2.94. The van der Waals surface area contributed by atoms with Crippen LogP contribution >= 0.6 is 0 Å². The Morgan fingerprint density at radius 2 is 2.13 bits per heavy atom. The second-order valence-electron chi connectivity index (χ2n) is 9.04. The number of amides is 2. The fourth-order valence-electron chi connectivity index (χ4n) is 4.95. The SMILES string of the molecule is C=C1N(C)C(=N)N[C@]1(C)C[C@H]1CCC[C@H](N(CCCOC)C(=O)Nc2ccccc2)C1. The Labute approximate surface area is 186 Å². The lowest BCUT2D eigenvalue weighted by atomic mass is 9.77. The van der Waals surface area contributed by atoms with Gasteiger partial charge in [0.25, 0.3) is 0 Å². The van der Waals surface area contributed by atoms with Crippen LogP contribution in [0.25, 0.3) is 0 Å². The first-order valence-electron chi connectivity index (χ1n) is 11.3. The van der Waals surface area contributed by atoms with E-state index in [2.05, 4.69) is 24.1 Å². The summed E-state index contributed by atoms with van der Waals surface area (Å²) in [5.41, 5.74) is 1.46. The summed E-state index contributed by atoms with van der Waals surface area (Å²) in [6.07, 6.45) is 5.97. The molecule has 170 valence electrons. The fraction of sp³-hybridized carbons (Fsp3) is 0.583. The number of methoxy groups -OCH3 is 1. The smallest absolute Gasteiger partial charge is 0.322 e. The molecule has 1 aliphatic carbocycles. The minimum atomic E-state index is -0.300. The number of nitrogens with zero attached hydrogens (tertiary/aromatic N) is 2. The predicted octanol–water partition coefficient (Wildman–Crippen LogP) is 4.25. The Hall–Kier alpha value is -2.54. The molecular weight excluding hydrogens is 390 g/mol. The van der Waals surface area contributed by atoms with Gasteiger partial charge in [-0.1, -0.05) is 37.6 Å². The number of benzene rings is 1. The van der Waals surface area contributed by atoms with Crippen molar-refractivity contribution in [2.24, 2.45) is 5.92 Å². The molecular formula is C24H37N5O2. The highest BCUT2D eigenvalue weighted by Crippen LogP contribution is 2.38. The minimum absolute atomic E-state index is 0.0379. The van der Waals surface area contributed by atoms with Crippen LogP contribution in [-0.2, 0) is 4.74 Å². The highest BCUT2D eigenvalue weighted by Gasteiger charge is 2.42. The largest absolute Gasteiger partial charge is 0.385 e. The molecule has 0 spiro atoms. The maximum Gasteiger partial charge on any atom is 0.322 e. The number of anilines is 1. The van der Waals surface area contributed by atoms with Crippen LogP contribution in [0.5, 0.6) is 0 Å². The van der Waals surface area contributed by atoms with Gasteiger partial charge in [0.1, 0.15) is 0 Å². The molecule has 1 saturated carbocycles. The van der Waals surface area contributed by atoms with Crippen molar-refractivity contribution in [1.82, 2.24) is 15.1 Å². The van der Waals surface area contributed by atoms with Gasteiger partial charge in [-0.05, 0) is 50.7 Å². The van der Waals surface area contributed by atoms with E-state index in [1.165, 1.54) is 0 Å². The lowest BCUT2D eigenvalue weighted by Crippen LogP contribution is -2.47. The number of urea groups is 1. The normalized spacial score (nSPS) is 26.0. The van der Waals surface area contributed by atoms with Crippen molar-refractivity contribution in [3.05, 3.63) is 42.6 Å². The van der Waals surface area contributed by atoms with Crippen LogP contribution in [0.3, 0.4) is 0 Å². The molecule has 1 saturated heterocycles. The molecule has 0 radical (unpaired) electrons. The van der Waals surface area contributed by atoms with Gasteiger partial charge in [-0.25, -0.2) is 4.79 Å². The number of hydrogen-bond donors (Lipinski definition) is 3. The Morgan fingerprint density at radius 3 is 2.77 bits per heavy atom. The molecule has 2 aliphatic rings. The van der Waals surface area contributed by atoms with E-state index in [4.69, 9.17) is 10.1 Å². The predicted molar refractivity (Wildman–Crippen MR) is 125 cm³/mol. The zero-order chi connectivity index (χ0) is 22.4. The first-order valence-corrected chi connectivity index (χ1v) is 11.3. The van der Waals surface area contributed by atoms with Crippen molar-refractivity contribution in [1.29, 1.82) is 5.41 Å². The van der Waals surface area contributed by atoms with Gasteiger partial charge < -0.3 is 25.2 Å². The third-order valence-electron chi connectivity index (χ3n) is 6.70. The highest BCUT2D eigenvalue weighted by molar-refractivity contribution is 5.89. The number of guanidine groups is 1. The number of likely N-dealkylation sites (N-methyl/N-ethyl adjacent to an activating group) is 1. The summed E-state index contributed by atoms with van der Waals surface area (Å²) in [7, 11) is 3.58. The standard InChI is InChI=1S/C24H37N5O2/c1-18-24(2,27-22(25)28(18)3)17-19-10-8-13-21(16-19)29(14-9-15-31-4)23(30)26-20-11-6-5-7-12-20/h5-7,11-12,19,21H,1,8-10,13-17H2,2-4H3,(H2,25,27)(H,26,30)/t19-,21-,24+/m0/s1. The van der Waals surface area contributed by atoms with Crippen LogP contribution in [0, 0.1) is 11.3 Å². The van der Waals surface area contributed by atoms with Crippen molar-refractivity contribution in [3.63, 3.8) is 0 Å². The number of nitrogens with one attached hydrogen (secondary N) is 3. The van der Waals surface area contributed by atoms with Gasteiger partial charge in [-0.2, -0.15) is 0 Å². The molecule has 31 heavy (non-hydrogen) atoms. The van der Waals surface area contributed by atoms with Crippen molar-refractivity contribution >= 4 is 17.7 Å². The quantitative estimate of drug-likeness (QED) is 0.542. The molecule has 2 amide bonds. The van der Waals surface area contributed by atoms with Crippen LogP contribution in [0.1, 0.15) is 45.4 Å². The number of hydrogen-bond acceptors (Lipinski definition) is 3. The highest BCUT2D eigenvalue weighted by atomic mass is 16.5. The summed E-state index contributed by atoms with van der Waals surface area (Å²) in [4.78, 5) is 17.0. The molecule has 0 unspecified atom stereocenters. The maximum atomic E-state index is 13.2. The van der Waals surface area contributed by atoms with Gasteiger partial charge in [0.15, 0.2) is 5.96 Å². The molecule has 2 fully saturated rings. The molecule has 3 atom stereocenters. The lowest BCUT2D eigenvalue weighted by Gasteiger charge is -2.40. The molecule has 0 bridgehead atoms. The van der Waals surface area contributed by atoms with E-state index in [1.807, 2.05) is 47.2 Å². The van der Waals surface area contributed by atoms with Crippen molar-refractivity contribution in [3.8, 4) is 0 Å². The first kappa shape index (κ1) is 23.1. The zero-order valence-corrected chi connectivity index (χ0v) is 19.1. The minimum Gasteiger partial charge on any atom is -0.385 e. The van der Waals surface area contributed by atoms with E-state index in [1.54, 1.807) is 7.11 Å². The third-order valence-corrected chi connectivity index (χ3v) is 6.70. The number of rotatable bonds is 8. The summed E-state index contributed by atoms with van der Waals surface area (Å²) < 4.78 is 5.23. The Balaban J connectivity index is 1.67. The lowest BCUT2D eigenvalue weighted by molar-refractivity contribution is 0.125. The summed E-state index contributed by atoms with van der Waals surface area (Å²) in [6, 6.07) is 9.80. The Morgan fingerprint density at radius 1 is 1.39 bits per heavy atom. The number of ether oxygens (including phenoxy) is 1. The second kappa shape index (κ2) is 10.2. The molecule has 0 aromatic heterocycles. The molecule has 1 aromatic carbocycles. The summed E-state index contributed by atoms with van der Waals surface area (Å²) >= 11 is 0. The second-order valence-corrected chi connectivity index (χ2v) is 9.04. The number of carbonyl (C=O) groups excluding carboxylic acids is 1. The molecule has 7 heteroatoms. The monoisotopic (exact) mass is 427 g/mol. The van der Waals surface area contributed by atoms with E-state index < -0.39 is 0 Å². The fourth-order valence-corrected chi connectivity index (χ4v) is 4.95. The van der Waals surface area contributed by atoms with Crippen LogP contribution in [0.4, 0.5) is 10.5 Å². The van der Waals surface area contributed by atoms with E-state index in [-0.39, 0.29) is 17.6 Å². The van der Waals surface area contributed by atoms with Crippen molar-refractivity contribution < 1.29 is 9.53 Å². The summed E-state index contributed by atoms with van der Waals surface area (Å²) in [6.45, 7) is 7.67. The van der Waals surface area contributed by atoms with Crippen LogP contribution < -0.4 is 10.6 Å². The molecule has 1 aromatic rings. The van der Waals surface area contributed by atoms with E-state index in [0.29, 0.717) is 25.0 Å². The summed E-state index contributed by atoms with van der Waals surface area (Å²) in [5, 5.41) is 14.5. The van der Waals surface area contributed by atoms with Gasteiger partial charge in [-0.3, -0.25) is 5.41 Å². The molecule has 1 aliphatic heterocycles. The Kier molecular flexibility index (Phi) is 7.59. The van der Waals surface area contributed by atoms with Crippen LogP contribution in [0.15, 0.2) is 42.6 Å². The molecule has 3 rings (SSSR count). The van der Waals surface area contributed by atoms with Gasteiger partial charge in [0, 0.05) is 44.7 Å². The van der Waals surface area contributed by atoms with E-state index in [9.17, 15) is 4.79 Å². The van der Waals surface area contributed by atoms with E-state index >= 15 is 0 Å². The van der Waals surface area contributed by atoms with Crippen LogP contribution in [-0.4, -0.2) is 60.7 Å². The molecule has 7 nitrogen and oxygen atoms in total. The third kappa shape index (κ3) is 5.58. The molecule has 3 N–H and O–H groups in total. The summed E-state index contributed by atoms with van der Waals surface area (Å²) in [5.74, 6) is 0.880. The topological polar surface area (TPSA) is 80.7 Å². The average molecular weight is 428 g/mol. The van der Waals surface area contributed by atoms with Gasteiger partial charge in [-0.15, -0.1) is 0 Å². The Bertz CT molecular complexity index is 783. The van der Waals surface area contributed by atoms with Crippen LogP contribution in [0.2, 0.25) is 0 Å². The van der Waals surface area contributed by atoms with Gasteiger partial charge >= 0.3 is 6.03 Å². The zero-order valence-electron chi connectivity index (χ0n) is 19.1. The molecule has 1 heterocycles. The van der Waals surface area contributed by atoms with E-state index in [0.717, 1.165) is 49.9 Å². The van der Waals surface area contributed by atoms with Gasteiger partial charge in [0.05, 0.1) is 5.54 Å². The van der Waals surface area contributed by atoms with Crippen molar-refractivity contribution in [2.45, 2.75) is 57.0 Å². The number of para-hydroxylation sites is 1.